The van der Waals surface area contributed by atoms with Crippen molar-refractivity contribution < 1.29 is 19.4 Å². The van der Waals surface area contributed by atoms with Gasteiger partial charge in [-0.15, -0.1) is 0 Å². The number of nitrogens with zero attached hydrogens (tertiary/aromatic N) is 3. The van der Waals surface area contributed by atoms with E-state index in [-0.39, 0.29) is 17.7 Å². The Morgan fingerprint density at radius 3 is 2.45 bits per heavy atom. The molecule has 0 aliphatic heterocycles. The molecule has 8 nitrogen and oxygen atoms in total. The highest BCUT2D eigenvalue weighted by Gasteiger charge is 2.15. The molecule has 4 aromatic carbocycles. The maximum Gasteiger partial charge on any atom is 0.335 e. The maximum absolute atomic E-state index is 13.4. The number of para-hydroxylation sites is 1. The van der Waals surface area contributed by atoms with Crippen molar-refractivity contribution in [1.29, 1.82) is 0 Å². The van der Waals surface area contributed by atoms with E-state index in [1.54, 1.807) is 48.7 Å². The van der Waals surface area contributed by atoms with E-state index in [0.717, 1.165) is 14.7 Å². The van der Waals surface area contributed by atoms with Crippen molar-refractivity contribution in [2.24, 2.45) is 5.10 Å². The summed E-state index contributed by atoms with van der Waals surface area (Å²) in [5.74, 6) is 0.561. The monoisotopic (exact) mass is 645 g/mol. The topological polar surface area (TPSA) is 103 Å². The molecule has 5 rings (SSSR count). The fourth-order valence-electron chi connectivity index (χ4n) is 4.09. The van der Waals surface area contributed by atoms with Crippen LogP contribution in [0.1, 0.15) is 28.4 Å². The van der Waals surface area contributed by atoms with E-state index in [1.165, 1.54) is 4.68 Å². The van der Waals surface area contributed by atoms with Crippen molar-refractivity contribution in [3.63, 3.8) is 0 Å². The van der Waals surface area contributed by atoms with Crippen molar-refractivity contribution in [2.75, 3.05) is 6.61 Å². The van der Waals surface area contributed by atoms with Gasteiger partial charge in [0.2, 0.25) is 0 Å². The minimum absolute atomic E-state index is 0.216. The number of rotatable bonds is 9. The van der Waals surface area contributed by atoms with Gasteiger partial charge in [-0.25, -0.2) is 9.78 Å². The van der Waals surface area contributed by atoms with Crippen molar-refractivity contribution >= 4 is 45.7 Å². The third kappa shape index (κ3) is 5.89. The standard InChI is InChI=1S/C31H24IN3O5/c1-2-39-27-17-21(16-25(32)28(27)40-19-20-12-14-23(15-13-20)31(37)38)18-33-35-29(22-8-4-3-5-9-22)34-26-11-7-6-10-24(26)30(35)36/h3-18H,2,19H2,1H3,(H,37,38). The normalized spacial score (nSPS) is 11.2. The molecule has 1 N–H and O–H groups in total. The van der Waals surface area contributed by atoms with E-state index < -0.39 is 5.97 Å². The first kappa shape index (κ1) is 27.1. The summed E-state index contributed by atoms with van der Waals surface area (Å²) in [6.45, 7) is 2.54. The van der Waals surface area contributed by atoms with Gasteiger partial charge < -0.3 is 14.6 Å². The molecule has 0 unspecified atom stereocenters. The van der Waals surface area contributed by atoms with Crippen LogP contribution in [0.15, 0.2) is 101 Å². The molecule has 5 aromatic rings. The predicted octanol–water partition coefficient (Wildman–Crippen LogP) is 6.23. The van der Waals surface area contributed by atoms with Gasteiger partial charge in [-0.1, -0.05) is 54.6 Å². The van der Waals surface area contributed by atoms with Gasteiger partial charge >= 0.3 is 5.97 Å². The molecule has 1 aromatic heterocycles. The van der Waals surface area contributed by atoms with Gasteiger partial charge in [-0.05, 0) is 77.0 Å². The lowest BCUT2D eigenvalue weighted by atomic mass is 10.1. The number of halogens is 1. The van der Waals surface area contributed by atoms with Gasteiger partial charge in [-0.2, -0.15) is 9.78 Å². The fourth-order valence-corrected chi connectivity index (χ4v) is 4.87. The molecular formula is C31H24IN3O5. The number of aromatic nitrogens is 2. The maximum atomic E-state index is 13.4. The smallest absolute Gasteiger partial charge is 0.335 e. The first-order valence-corrected chi connectivity index (χ1v) is 13.6. The van der Waals surface area contributed by atoms with Crippen LogP contribution in [0, 0.1) is 3.57 Å². The second-order valence-corrected chi connectivity index (χ2v) is 9.90. The van der Waals surface area contributed by atoms with Gasteiger partial charge in [0, 0.05) is 5.56 Å². The molecule has 0 fully saturated rings. The average molecular weight is 645 g/mol. The first-order chi connectivity index (χ1) is 19.4. The lowest BCUT2D eigenvalue weighted by Crippen LogP contribution is -2.20. The van der Waals surface area contributed by atoms with E-state index in [1.807, 2.05) is 55.5 Å². The molecule has 40 heavy (non-hydrogen) atoms. The van der Waals surface area contributed by atoms with Crippen LogP contribution in [0.5, 0.6) is 11.5 Å². The number of carboxylic acids is 1. The number of aromatic carboxylic acids is 1. The first-order valence-electron chi connectivity index (χ1n) is 12.5. The Morgan fingerprint density at radius 2 is 1.73 bits per heavy atom. The molecule has 0 aliphatic rings. The van der Waals surface area contributed by atoms with Crippen molar-refractivity contribution in [2.45, 2.75) is 13.5 Å². The summed E-state index contributed by atoms with van der Waals surface area (Å²) < 4.78 is 14.1. The fraction of sp³-hybridized carbons (Fsp3) is 0.0968. The van der Waals surface area contributed by atoms with E-state index in [9.17, 15) is 9.59 Å². The minimum Gasteiger partial charge on any atom is -0.490 e. The van der Waals surface area contributed by atoms with Crippen molar-refractivity contribution in [1.82, 2.24) is 9.66 Å². The second kappa shape index (κ2) is 12.1. The van der Waals surface area contributed by atoms with Crippen LogP contribution in [0.4, 0.5) is 0 Å². The number of ether oxygens (including phenoxy) is 2. The summed E-state index contributed by atoms with van der Waals surface area (Å²) in [6, 6.07) is 26.9. The Kier molecular flexibility index (Phi) is 8.20. The Bertz CT molecular complexity index is 1770. The van der Waals surface area contributed by atoms with Crippen LogP contribution < -0.4 is 15.0 Å². The average Bonchev–Trinajstić information content (AvgIpc) is 2.97. The summed E-state index contributed by atoms with van der Waals surface area (Å²) >= 11 is 2.17. The molecule has 200 valence electrons. The highest BCUT2D eigenvalue weighted by atomic mass is 127. The molecule has 9 heteroatoms. The molecule has 0 aliphatic carbocycles. The largest absolute Gasteiger partial charge is 0.490 e. The van der Waals surface area contributed by atoms with Crippen LogP contribution >= 0.6 is 22.6 Å². The van der Waals surface area contributed by atoms with Crippen molar-refractivity contribution in [3.8, 4) is 22.9 Å². The van der Waals surface area contributed by atoms with Gasteiger partial charge in [-0.3, -0.25) is 4.79 Å². The quantitative estimate of drug-likeness (QED) is 0.151. The van der Waals surface area contributed by atoms with Crippen molar-refractivity contribution in [3.05, 3.63) is 122 Å². The molecule has 0 bridgehead atoms. The summed E-state index contributed by atoms with van der Waals surface area (Å²) in [5.41, 5.74) is 2.86. The second-order valence-electron chi connectivity index (χ2n) is 8.73. The predicted molar refractivity (Wildman–Crippen MR) is 162 cm³/mol. The number of fused-ring (bicyclic) bond motifs is 1. The number of carboxylic acid groups (broad SMARTS) is 1. The Morgan fingerprint density at radius 1 is 1.00 bits per heavy atom. The molecule has 0 spiro atoms. The van der Waals surface area contributed by atoms with Gasteiger partial charge in [0.05, 0.1) is 32.9 Å². The van der Waals surface area contributed by atoms with Gasteiger partial charge in [0.15, 0.2) is 17.3 Å². The molecule has 0 amide bonds. The summed E-state index contributed by atoms with van der Waals surface area (Å²) in [4.78, 5) is 29.3. The molecule has 0 radical (unpaired) electrons. The highest BCUT2D eigenvalue weighted by Crippen LogP contribution is 2.34. The van der Waals surface area contributed by atoms with Crippen LogP contribution in [0.25, 0.3) is 22.3 Å². The van der Waals surface area contributed by atoms with E-state index in [4.69, 9.17) is 19.6 Å². The van der Waals surface area contributed by atoms with Crippen LogP contribution in [-0.2, 0) is 6.61 Å². The van der Waals surface area contributed by atoms with Gasteiger partial charge in [0.1, 0.15) is 6.61 Å². The van der Waals surface area contributed by atoms with Gasteiger partial charge in [0.25, 0.3) is 5.56 Å². The van der Waals surface area contributed by atoms with E-state index in [0.29, 0.717) is 40.4 Å². The molecular weight excluding hydrogens is 621 g/mol. The van der Waals surface area contributed by atoms with Crippen LogP contribution in [0.2, 0.25) is 0 Å². The third-order valence-electron chi connectivity index (χ3n) is 6.02. The SMILES string of the molecule is CCOc1cc(C=Nn2c(-c3ccccc3)nc3ccccc3c2=O)cc(I)c1OCc1ccc(C(=O)O)cc1. The molecule has 0 saturated carbocycles. The molecule has 0 saturated heterocycles. The summed E-state index contributed by atoms with van der Waals surface area (Å²) in [5, 5.41) is 14.1. The highest BCUT2D eigenvalue weighted by molar-refractivity contribution is 14.1. The van der Waals surface area contributed by atoms with E-state index >= 15 is 0 Å². The zero-order valence-electron chi connectivity index (χ0n) is 21.5. The number of hydrogen-bond donors (Lipinski definition) is 1. The Balaban J connectivity index is 1.49. The summed E-state index contributed by atoms with van der Waals surface area (Å²) in [7, 11) is 0. The Hall–Kier alpha value is -4.51. The van der Waals surface area contributed by atoms with Crippen LogP contribution in [-0.4, -0.2) is 33.6 Å². The lowest BCUT2D eigenvalue weighted by molar-refractivity contribution is 0.0697. The third-order valence-corrected chi connectivity index (χ3v) is 6.83. The molecule has 1 heterocycles. The number of benzene rings is 4. The summed E-state index contributed by atoms with van der Waals surface area (Å²) in [6.07, 6.45) is 1.60. The Labute approximate surface area is 243 Å². The van der Waals surface area contributed by atoms with E-state index in [2.05, 4.69) is 27.7 Å². The molecule has 0 atom stereocenters. The van der Waals surface area contributed by atoms with Crippen LogP contribution in [0.3, 0.4) is 0 Å². The zero-order chi connectivity index (χ0) is 28.1. The number of hydrogen-bond acceptors (Lipinski definition) is 6. The minimum atomic E-state index is -0.976. The zero-order valence-corrected chi connectivity index (χ0v) is 23.6. The lowest BCUT2D eigenvalue weighted by Gasteiger charge is -2.15. The number of carbonyl (C=O) groups is 1.